The van der Waals surface area contributed by atoms with Crippen LogP contribution in [0.1, 0.15) is 21.5 Å². The topological polar surface area (TPSA) is 187 Å². The molecule has 0 saturated carbocycles. The summed E-state index contributed by atoms with van der Waals surface area (Å²) in [6, 6.07) is 12.9. The lowest BCUT2D eigenvalue weighted by atomic mass is 10.1. The van der Waals surface area contributed by atoms with Gasteiger partial charge in [0.15, 0.2) is 11.5 Å². The molecule has 4 rings (SSSR count). The molecule has 0 atom stereocenters. The first kappa shape index (κ1) is 29.7. The number of anilines is 3. The van der Waals surface area contributed by atoms with E-state index < -0.39 is 0 Å². The number of nitrogens with one attached hydrogen (secondary N) is 4. The first-order chi connectivity index (χ1) is 20.2. The third-order valence-corrected chi connectivity index (χ3v) is 5.78. The van der Waals surface area contributed by atoms with Crippen molar-refractivity contribution in [1.82, 2.24) is 20.3 Å². The van der Waals surface area contributed by atoms with Gasteiger partial charge in [0, 0.05) is 43.9 Å². The smallest absolute Gasteiger partial charge is 0.251 e. The van der Waals surface area contributed by atoms with Crippen molar-refractivity contribution in [2.24, 2.45) is 5.73 Å². The van der Waals surface area contributed by atoms with Crippen LogP contribution in [0.5, 0.6) is 11.5 Å². The van der Waals surface area contributed by atoms with E-state index in [0.29, 0.717) is 94.1 Å². The zero-order valence-electron chi connectivity index (χ0n) is 22.7. The Morgan fingerprint density at radius 1 is 0.854 bits per heavy atom. The fraction of sp³-hybridized carbons (Fsp3) is 0.407. The molecule has 7 N–H and O–H groups in total. The second-order valence-corrected chi connectivity index (χ2v) is 8.78. The molecule has 3 aromatic rings. The van der Waals surface area contributed by atoms with Crippen LogP contribution in [0.4, 0.5) is 17.8 Å². The highest BCUT2D eigenvalue weighted by Gasteiger charge is 2.17. The molecule has 2 aromatic carbocycles. The highest BCUT2D eigenvalue weighted by molar-refractivity contribution is 5.94. The molecule has 0 unspecified atom stereocenters. The van der Waals surface area contributed by atoms with Crippen molar-refractivity contribution < 1.29 is 28.8 Å². The number of ether oxygens (including phenoxy) is 4. The number of fused-ring (bicyclic) bond motifs is 1. The number of carbonyl (C=O) groups excluding carboxylic acids is 1. The quantitative estimate of drug-likeness (QED) is 0.119. The number of aromatic nitrogens is 3. The van der Waals surface area contributed by atoms with Crippen molar-refractivity contribution in [3.63, 3.8) is 0 Å². The van der Waals surface area contributed by atoms with Crippen LogP contribution in [-0.2, 0) is 22.6 Å². The first-order valence-electron chi connectivity index (χ1n) is 13.3. The number of hydrogen-bond acceptors (Lipinski definition) is 13. The van der Waals surface area contributed by atoms with Crippen molar-refractivity contribution in [1.29, 1.82) is 0 Å². The Hall–Kier alpha value is -4.24. The van der Waals surface area contributed by atoms with Crippen molar-refractivity contribution in [3.8, 4) is 11.5 Å². The number of aliphatic hydroxyl groups is 1. The number of carbonyl (C=O) groups is 1. The molecule has 2 heterocycles. The lowest BCUT2D eigenvalue weighted by Gasteiger charge is -2.12. The minimum atomic E-state index is -0.179. The molecule has 0 aliphatic carbocycles. The van der Waals surface area contributed by atoms with Gasteiger partial charge >= 0.3 is 0 Å². The summed E-state index contributed by atoms with van der Waals surface area (Å²) in [5, 5.41) is 21.4. The zero-order valence-corrected chi connectivity index (χ0v) is 22.7. The summed E-state index contributed by atoms with van der Waals surface area (Å²) in [4.78, 5) is 25.6. The lowest BCUT2D eigenvalue weighted by molar-refractivity contribution is 0.0511. The van der Waals surface area contributed by atoms with Crippen LogP contribution >= 0.6 is 0 Å². The normalized spacial score (nSPS) is 11.8. The molecule has 14 nitrogen and oxygen atoms in total. The average molecular weight is 569 g/mol. The van der Waals surface area contributed by atoms with Crippen LogP contribution in [0.2, 0.25) is 0 Å². The molecule has 220 valence electrons. The molecule has 0 radical (unpaired) electrons. The van der Waals surface area contributed by atoms with E-state index >= 15 is 0 Å². The Balaban J connectivity index is 1.28. The van der Waals surface area contributed by atoms with E-state index in [9.17, 15) is 9.90 Å². The maximum atomic E-state index is 12.4. The van der Waals surface area contributed by atoms with Crippen LogP contribution in [0.3, 0.4) is 0 Å². The highest BCUT2D eigenvalue weighted by Crippen LogP contribution is 2.35. The van der Waals surface area contributed by atoms with Gasteiger partial charge in [0.2, 0.25) is 24.6 Å². The van der Waals surface area contributed by atoms with E-state index in [-0.39, 0.29) is 19.3 Å². The number of benzene rings is 2. The van der Waals surface area contributed by atoms with Crippen LogP contribution in [-0.4, -0.2) is 85.4 Å². The van der Waals surface area contributed by atoms with Gasteiger partial charge in [0.1, 0.15) is 0 Å². The highest BCUT2D eigenvalue weighted by atomic mass is 16.7. The van der Waals surface area contributed by atoms with Crippen molar-refractivity contribution >= 4 is 23.8 Å². The predicted molar refractivity (Wildman–Crippen MR) is 152 cm³/mol. The van der Waals surface area contributed by atoms with E-state index in [1.54, 1.807) is 12.1 Å². The van der Waals surface area contributed by atoms with E-state index in [0.717, 1.165) is 11.1 Å². The largest absolute Gasteiger partial charge is 0.454 e. The van der Waals surface area contributed by atoms with Crippen molar-refractivity contribution in [2.45, 2.75) is 13.1 Å². The Morgan fingerprint density at radius 3 is 2.29 bits per heavy atom. The zero-order chi connectivity index (χ0) is 28.7. The summed E-state index contributed by atoms with van der Waals surface area (Å²) in [6.45, 7) is 3.95. The molecule has 0 bridgehead atoms. The molecule has 1 aliphatic heterocycles. The summed E-state index contributed by atoms with van der Waals surface area (Å²) in [5.41, 5.74) is 7.74. The first-order valence-corrected chi connectivity index (χ1v) is 13.3. The van der Waals surface area contributed by atoms with Crippen LogP contribution in [0.25, 0.3) is 0 Å². The summed E-state index contributed by atoms with van der Waals surface area (Å²) in [6.07, 6.45) is 0. The number of amides is 1. The van der Waals surface area contributed by atoms with Gasteiger partial charge in [0.25, 0.3) is 5.91 Å². The Kier molecular flexibility index (Phi) is 11.7. The molecular weight excluding hydrogens is 532 g/mol. The second-order valence-electron chi connectivity index (χ2n) is 8.78. The van der Waals surface area contributed by atoms with Crippen molar-refractivity contribution in [2.75, 3.05) is 75.4 Å². The summed E-state index contributed by atoms with van der Waals surface area (Å²) < 4.78 is 21.7. The molecule has 0 fully saturated rings. The Labute approximate surface area is 238 Å². The molecular formula is C27H36N8O6. The molecule has 1 amide bonds. The maximum Gasteiger partial charge on any atom is 0.251 e. The van der Waals surface area contributed by atoms with Gasteiger partial charge < -0.3 is 51.1 Å². The number of hydrogen-bond donors (Lipinski definition) is 6. The molecule has 0 saturated heterocycles. The van der Waals surface area contributed by atoms with Gasteiger partial charge in [-0.25, -0.2) is 0 Å². The fourth-order valence-electron chi connectivity index (χ4n) is 3.78. The minimum absolute atomic E-state index is 0.0676. The van der Waals surface area contributed by atoms with Gasteiger partial charge in [-0.3, -0.25) is 4.79 Å². The molecule has 14 heteroatoms. The van der Waals surface area contributed by atoms with Crippen LogP contribution in [0, 0.1) is 0 Å². The van der Waals surface area contributed by atoms with Crippen molar-refractivity contribution in [3.05, 3.63) is 59.2 Å². The van der Waals surface area contributed by atoms with Gasteiger partial charge in [-0.2, -0.15) is 15.0 Å². The standard InChI is InChI=1S/C27H36N8O6/c28-8-12-38-14-15-39-13-10-29-24(37)20-6-4-19(5-7-20)16-31-26-33-25(30-9-11-36)34-27(35-26)32-17-21-2-1-3-22-23(21)41-18-40-22/h1-7,36H,8-18,28H2,(H,29,37)(H3,30,31,32,33,34,35). The predicted octanol–water partition coefficient (Wildman–Crippen LogP) is 0.950. The SMILES string of the molecule is NCCOCCOCCNC(=O)c1ccc(CNc2nc(NCCO)nc(NCc3cccc4c3OCO4)n2)cc1. The Morgan fingerprint density at radius 2 is 1.56 bits per heavy atom. The summed E-state index contributed by atoms with van der Waals surface area (Å²) in [7, 11) is 0. The second kappa shape index (κ2) is 16.1. The fourth-order valence-corrected chi connectivity index (χ4v) is 3.78. The molecule has 1 aromatic heterocycles. The number of aliphatic hydroxyl groups excluding tert-OH is 1. The van der Waals surface area contributed by atoms with E-state index in [2.05, 4.69) is 36.2 Å². The van der Waals surface area contributed by atoms with Crippen LogP contribution in [0.15, 0.2) is 42.5 Å². The number of para-hydroxylation sites is 1. The minimum Gasteiger partial charge on any atom is -0.454 e. The number of nitrogens with two attached hydrogens (primary N) is 1. The van der Waals surface area contributed by atoms with E-state index in [4.69, 9.17) is 24.7 Å². The number of nitrogens with zero attached hydrogens (tertiary/aromatic N) is 3. The van der Waals surface area contributed by atoms with Gasteiger partial charge in [-0.1, -0.05) is 24.3 Å². The Bertz CT molecular complexity index is 1250. The molecule has 41 heavy (non-hydrogen) atoms. The van der Waals surface area contributed by atoms with Gasteiger partial charge in [0.05, 0.1) is 33.0 Å². The summed E-state index contributed by atoms with van der Waals surface area (Å²) >= 11 is 0. The molecule has 1 aliphatic rings. The van der Waals surface area contributed by atoms with E-state index in [1.165, 1.54) is 0 Å². The summed E-state index contributed by atoms with van der Waals surface area (Å²) in [5.74, 6) is 2.22. The van der Waals surface area contributed by atoms with Gasteiger partial charge in [-0.05, 0) is 23.8 Å². The third kappa shape index (κ3) is 9.42. The van der Waals surface area contributed by atoms with E-state index in [1.807, 2.05) is 30.3 Å². The number of rotatable bonds is 18. The third-order valence-electron chi connectivity index (χ3n) is 5.78. The monoisotopic (exact) mass is 568 g/mol. The van der Waals surface area contributed by atoms with Crippen LogP contribution < -0.4 is 36.5 Å². The lowest BCUT2D eigenvalue weighted by Crippen LogP contribution is -2.27. The van der Waals surface area contributed by atoms with Gasteiger partial charge in [-0.15, -0.1) is 0 Å². The maximum absolute atomic E-state index is 12.4. The molecule has 0 spiro atoms. The average Bonchev–Trinajstić information content (AvgIpc) is 3.49.